The Morgan fingerprint density at radius 2 is 2.06 bits per heavy atom. The first-order valence-corrected chi connectivity index (χ1v) is 7.35. The van der Waals surface area contributed by atoms with Crippen LogP contribution in [0, 0.1) is 6.92 Å². The zero-order valence-corrected chi connectivity index (χ0v) is 11.4. The van der Waals surface area contributed by atoms with E-state index in [9.17, 15) is 0 Å². The summed E-state index contributed by atoms with van der Waals surface area (Å²) in [5, 5.41) is 2.71. The Kier molecular flexibility index (Phi) is 3.10. The number of hydrogen-bond acceptors (Lipinski definition) is 2. The van der Waals surface area contributed by atoms with Crippen molar-refractivity contribution in [2.75, 3.05) is 0 Å². The van der Waals surface area contributed by atoms with E-state index in [0.717, 1.165) is 21.6 Å². The van der Waals surface area contributed by atoms with Gasteiger partial charge >= 0.3 is 0 Å². The van der Waals surface area contributed by atoms with Crippen LogP contribution in [0.25, 0.3) is 11.0 Å². The summed E-state index contributed by atoms with van der Waals surface area (Å²) in [6, 6.07) is 5.87. The zero-order chi connectivity index (χ0) is 11.8. The Bertz CT molecular complexity index is 540. The standard InChI is InChI=1S/C14H15ClOS/c1-9-14(17-11-4-2-3-5-11)12-8-10(15)6-7-13(12)16-9/h6-8,11H,2-5H2,1H3. The molecule has 0 atom stereocenters. The topological polar surface area (TPSA) is 13.1 Å². The summed E-state index contributed by atoms with van der Waals surface area (Å²) in [7, 11) is 0. The first kappa shape index (κ1) is 11.5. The molecule has 0 amide bonds. The van der Waals surface area contributed by atoms with Gasteiger partial charge in [0.1, 0.15) is 11.3 Å². The quantitative estimate of drug-likeness (QED) is 0.719. The maximum Gasteiger partial charge on any atom is 0.135 e. The third-order valence-corrected chi connectivity index (χ3v) is 5.14. The molecule has 3 heteroatoms. The fourth-order valence-corrected chi connectivity index (χ4v) is 4.06. The lowest BCUT2D eigenvalue weighted by Crippen LogP contribution is -1.93. The molecule has 2 aromatic rings. The van der Waals surface area contributed by atoms with Crippen molar-refractivity contribution in [1.82, 2.24) is 0 Å². The van der Waals surface area contributed by atoms with Gasteiger partial charge in [-0.1, -0.05) is 24.4 Å². The Morgan fingerprint density at radius 3 is 2.82 bits per heavy atom. The van der Waals surface area contributed by atoms with Crippen LogP contribution in [0.4, 0.5) is 0 Å². The van der Waals surface area contributed by atoms with Crippen LogP contribution >= 0.6 is 23.4 Å². The van der Waals surface area contributed by atoms with Gasteiger partial charge in [-0.2, -0.15) is 0 Å². The van der Waals surface area contributed by atoms with Crippen molar-refractivity contribution in [3.05, 3.63) is 29.0 Å². The van der Waals surface area contributed by atoms with Crippen LogP contribution in [0.15, 0.2) is 27.5 Å². The molecule has 1 aliphatic rings. The molecule has 1 aromatic carbocycles. The minimum atomic E-state index is 0.758. The lowest BCUT2D eigenvalue weighted by molar-refractivity contribution is 0.568. The molecule has 0 unspecified atom stereocenters. The third kappa shape index (κ3) is 2.21. The number of furan rings is 1. The monoisotopic (exact) mass is 266 g/mol. The van der Waals surface area contributed by atoms with Crippen LogP contribution in [-0.2, 0) is 0 Å². The molecular formula is C14H15ClOS. The van der Waals surface area contributed by atoms with Gasteiger partial charge < -0.3 is 4.42 Å². The fourth-order valence-electron chi connectivity index (χ4n) is 2.49. The van der Waals surface area contributed by atoms with Gasteiger partial charge in [-0.05, 0) is 38.0 Å². The van der Waals surface area contributed by atoms with Crippen molar-refractivity contribution in [2.24, 2.45) is 0 Å². The number of rotatable bonds is 2. The molecule has 0 aliphatic heterocycles. The molecule has 1 aliphatic carbocycles. The number of fused-ring (bicyclic) bond motifs is 1. The molecule has 17 heavy (non-hydrogen) atoms. The largest absolute Gasteiger partial charge is 0.460 e. The highest BCUT2D eigenvalue weighted by Gasteiger charge is 2.20. The van der Waals surface area contributed by atoms with E-state index >= 15 is 0 Å². The zero-order valence-electron chi connectivity index (χ0n) is 9.83. The number of benzene rings is 1. The summed E-state index contributed by atoms with van der Waals surface area (Å²) < 4.78 is 5.78. The van der Waals surface area contributed by atoms with Crippen molar-refractivity contribution >= 4 is 34.3 Å². The van der Waals surface area contributed by atoms with E-state index in [0.29, 0.717) is 0 Å². The highest BCUT2D eigenvalue weighted by atomic mass is 35.5. The SMILES string of the molecule is Cc1oc2ccc(Cl)cc2c1SC1CCCC1. The maximum absolute atomic E-state index is 6.07. The van der Waals surface area contributed by atoms with Crippen molar-refractivity contribution < 1.29 is 4.42 Å². The Hall–Kier alpha value is -0.600. The van der Waals surface area contributed by atoms with Gasteiger partial charge in [0.2, 0.25) is 0 Å². The Morgan fingerprint density at radius 1 is 1.29 bits per heavy atom. The number of aryl methyl sites for hydroxylation is 1. The van der Waals surface area contributed by atoms with Crippen molar-refractivity contribution in [3.8, 4) is 0 Å². The van der Waals surface area contributed by atoms with Crippen molar-refractivity contribution in [3.63, 3.8) is 0 Å². The van der Waals surface area contributed by atoms with E-state index in [-0.39, 0.29) is 0 Å². The van der Waals surface area contributed by atoms with Gasteiger partial charge in [0, 0.05) is 15.7 Å². The highest BCUT2D eigenvalue weighted by molar-refractivity contribution is 8.00. The Labute approximate surface area is 111 Å². The Balaban J connectivity index is 2.01. The van der Waals surface area contributed by atoms with Gasteiger partial charge in [-0.15, -0.1) is 11.8 Å². The van der Waals surface area contributed by atoms with E-state index in [2.05, 4.69) is 0 Å². The summed E-state index contributed by atoms with van der Waals surface area (Å²) in [5.41, 5.74) is 0.951. The predicted octanol–water partition coefficient (Wildman–Crippen LogP) is 5.43. The van der Waals surface area contributed by atoms with E-state index in [4.69, 9.17) is 16.0 Å². The highest BCUT2D eigenvalue weighted by Crippen LogP contribution is 2.41. The lowest BCUT2D eigenvalue weighted by Gasteiger charge is -2.07. The first-order chi connectivity index (χ1) is 8.24. The van der Waals surface area contributed by atoms with Crippen LogP contribution in [0.1, 0.15) is 31.4 Å². The number of halogens is 1. The van der Waals surface area contributed by atoms with E-state index in [1.54, 1.807) is 0 Å². The van der Waals surface area contributed by atoms with E-state index < -0.39 is 0 Å². The van der Waals surface area contributed by atoms with Crippen LogP contribution in [0.5, 0.6) is 0 Å². The number of thioether (sulfide) groups is 1. The van der Waals surface area contributed by atoms with Crippen LogP contribution in [-0.4, -0.2) is 5.25 Å². The van der Waals surface area contributed by atoms with Gasteiger partial charge in [0.15, 0.2) is 0 Å². The number of hydrogen-bond donors (Lipinski definition) is 0. The van der Waals surface area contributed by atoms with E-state index in [1.165, 1.54) is 36.0 Å². The molecule has 1 saturated carbocycles. The molecular weight excluding hydrogens is 252 g/mol. The van der Waals surface area contributed by atoms with Crippen LogP contribution in [0.3, 0.4) is 0 Å². The minimum Gasteiger partial charge on any atom is -0.460 e. The smallest absolute Gasteiger partial charge is 0.135 e. The third-order valence-electron chi connectivity index (χ3n) is 3.36. The van der Waals surface area contributed by atoms with Crippen molar-refractivity contribution in [2.45, 2.75) is 42.8 Å². The first-order valence-electron chi connectivity index (χ1n) is 6.09. The summed E-state index contributed by atoms with van der Waals surface area (Å²) >= 11 is 8.04. The second-order valence-corrected chi connectivity index (χ2v) is 6.40. The molecule has 0 spiro atoms. The molecule has 0 saturated heterocycles. The van der Waals surface area contributed by atoms with Gasteiger partial charge in [-0.25, -0.2) is 0 Å². The van der Waals surface area contributed by atoms with Crippen LogP contribution < -0.4 is 0 Å². The predicted molar refractivity (Wildman–Crippen MR) is 74.1 cm³/mol. The molecule has 0 bridgehead atoms. The second kappa shape index (κ2) is 4.58. The maximum atomic E-state index is 6.07. The fraction of sp³-hybridized carbons (Fsp3) is 0.429. The lowest BCUT2D eigenvalue weighted by atomic mass is 10.2. The van der Waals surface area contributed by atoms with E-state index in [1.807, 2.05) is 36.9 Å². The van der Waals surface area contributed by atoms with Gasteiger partial charge in [0.05, 0.1) is 4.90 Å². The summed E-state index contributed by atoms with van der Waals surface area (Å²) in [5.74, 6) is 1.03. The molecule has 3 rings (SSSR count). The minimum absolute atomic E-state index is 0.758. The van der Waals surface area contributed by atoms with Gasteiger partial charge in [0.25, 0.3) is 0 Å². The molecule has 1 fully saturated rings. The molecule has 0 N–H and O–H groups in total. The molecule has 1 nitrogen and oxygen atoms in total. The average molecular weight is 267 g/mol. The summed E-state index contributed by atoms with van der Waals surface area (Å²) in [4.78, 5) is 1.29. The normalized spacial score (nSPS) is 17.1. The second-order valence-electron chi connectivity index (χ2n) is 4.65. The van der Waals surface area contributed by atoms with Crippen molar-refractivity contribution in [1.29, 1.82) is 0 Å². The average Bonchev–Trinajstić information content (AvgIpc) is 2.90. The molecule has 1 heterocycles. The van der Waals surface area contributed by atoms with Gasteiger partial charge in [-0.3, -0.25) is 0 Å². The molecule has 90 valence electrons. The molecule has 1 aromatic heterocycles. The van der Waals surface area contributed by atoms with Crippen LogP contribution in [0.2, 0.25) is 5.02 Å². The molecule has 0 radical (unpaired) electrons. The summed E-state index contributed by atoms with van der Waals surface area (Å²) in [6.07, 6.45) is 5.40. The summed E-state index contributed by atoms with van der Waals surface area (Å²) in [6.45, 7) is 2.05.